The number of halogens is 1. The minimum absolute atomic E-state index is 0.0468. The van der Waals surface area contributed by atoms with Gasteiger partial charge in [-0.25, -0.2) is 0 Å². The van der Waals surface area contributed by atoms with Crippen LogP contribution in [0.2, 0.25) is 5.02 Å². The number of carbonyl (C=O) groups is 2. The molecule has 0 aromatic heterocycles. The van der Waals surface area contributed by atoms with Gasteiger partial charge in [0.2, 0.25) is 0 Å². The predicted molar refractivity (Wildman–Crippen MR) is 113 cm³/mol. The standard InChI is InChI=1S/C23H24ClNO4/c1-4-12-25-20(17-10-5-6-11-18(17)29-14(2)3)19(22(27)23(25)28)21(26)15-8-7-9-16(24)13-15/h5-11,13-14,20,26H,4,12H2,1-3H3/b21-19-. The van der Waals surface area contributed by atoms with E-state index in [4.69, 9.17) is 16.3 Å². The lowest BCUT2D eigenvalue weighted by molar-refractivity contribution is -0.139. The van der Waals surface area contributed by atoms with Gasteiger partial charge in [0.25, 0.3) is 11.7 Å². The van der Waals surface area contributed by atoms with Gasteiger partial charge in [-0.3, -0.25) is 9.59 Å². The molecule has 1 aliphatic rings. The molecule has 2 aromatic carbocycles. The van der Waals surface area contributed by atoms with E-state index in [-0.39, 0.29) is 17.4 Å². The average Bonchev–Trinajstić information content (AvgIpc) is 2.92. The third kappa shape index (κ3) is 4.15. The van der Waals surface area contributed by atoms with Crippen molar-refractivity contribution in [1.29, 1.82) is 0 Å². The molecule has 1 fully saturated rings. The summed E-state index contributed by atoms with van der Waals surface area (Å²) in [5.41, 5.74) is 1.10. The number of likely N-dealkylation sites (tertiary alicyclic amines) is 1. The molecular weight excluding hydrogens is 390 g/mol. The second kappa shape index (κ2) is 8.70. The molecule has 1 saturated heterocycles. The highest BCUT2D eigenvalue weighted by molar-refractivity contribution is 6.46. The number of aliphatic hydroxyl groups is 1. The summed E-state index contributed by atoms with van der Waals surface area (Å²) in [6.07, 6.45) is 0.589. The van der Waals surface area contributed by atoms with Crippen LogP contribution >= 0.6 is 11.6 Å². The number of carbonyl (C=O) groups excluding carboxylic acids is 2. The molecule has 152 valence electrons. The SMILES string of the molecule is CCCN1C(=O)C(=O)/C(=C(\O)c2cccc(Cl)c2)C1c1ccccc1OC(C)C. The molecule has 2 aromatic rings. The van der Waals surface area contributed by atoms with Crippen LogP contribution in [0.25, 0.3) is 5.76 Å². The number of hydrogen-bond acceptors (Lipinski definition) is 4. The summed E-state index contributed by atoms with van der Waals surface area (Å²) >= 11 is 6.06. The molecule has 5 nitrogen and oxygen atoms in total. The first-order chi connectivity index (χ1) is 13.8. The Balaban J connectivity index is 2.23. The van der Waals surface area contributed by atoms with E-state index in [1.165, 1.54) is 4.90 Å². The number of aliphatic hydroxyl groups excluding tert-OH is 1. The van der Waals surface area contributed by atoms with E-state index < -0.39 is 17.7 Å². The highest BCUT2D eigenvalue weighted by atomic mass is 35.5. The maximum Gasteiger partial charge on any atom is 0.295 e. The lowest BCUT2D eigenvalue weighted by atomic mass is 9.94. The number of rotatable bonds is 6. The van der Waals surface area contributed by atoms with Crippen LogP contribution in [0.15, 0.2) is 54.1 Å². The molecule has 6 heteroatoms. The number of amides is 1. The molecule has 1 amide bonds. The van der Waals surface area contributed by atoms with Crippen molar-refractivity contribution >= 4 is 29.1 Å². The second-order valence-corrected chi connectivity index (χ2v) is 7.64. The zero-order valence-corrected chi connectivity index (χ0v) is 17.4. The molecule has 29 heavy (non-hydrogen) atoms. The Morgan fingerprint density at radius 2 is 1.90 bits per heavy atom. The number of para-hydroxylation sites is 1. The van der Waals surface area contributed by atoms with Gasteiger partial charge in [0, 0.05) is 22.7 Å². The fraction of sp³-hybridized carbons (Fsp3) is 0.304. The Kier molecular flexibility index (Phi) is 6.28. The zero-order chi connectivity index (χ0) is 21.1. The minimum atomic E-state index is -0.733. The normalized spacial score (nSPS) is 18.5. The monoisotopic (exact) mass is 413 g/mol. The fourth-order valence-corrected chi connectivity index (χ4v) is 3.72. The van der Waals surface area contributed by atoms with Crippen LogP contribution in [0, 0.1) is 0 Å². The van der Waals surface area contributed by atoms with Gasteiger partial charge >= 0.3 is 0 Å². The lowest BCUT2D eigenvalue weighted by Crippen LogP contribution is -2.30. The van der Waals surface area contributed by atoms with Crippen molar-refractivity contribution in [3.8, 4) is 5.75 Å². The van der Waals surface area contributed by atoms with E-state index in [1.807, 2.05) is 39.0 Å². The highest BCUT2D eigenvalue weighted by Crippen LogP contribution is 2.43. The van der Waals surface area contributed by atoms with Crippen molar-refractivity contribution in [3.63, 3.8) is 0 Å². The van der Waals surface area contributed by atoms with E-state index in [1.54, 1.807) is 30.3 Å². The summed E-state index contributed by atoms with van der Waals surface area (Å²) in [5.74, 6) is -0.999. The summed E-state index contributed by atoms with van der Waals surface area (Å²) in [5, 5.41) is 11.4. The predicted octanol–water partition coefficient (Wildman–Crippen LogP) is 4.96. The molecule has 1 heterocycles. The summed E-state index contributed by atoms with van der Waals surface area (Å²) in [6, 6.07) is 13.1. The van der Waals surface area contributed by atoms with Crippen LogP contribution in [0.5, 0.6) is 5.75 Å². The van der Waals surface area contributed by atoms with Crippen LogP contribution in [0.3, 0.4) is 0 Å². The molecule has 0 aliphatic carbocycles. The Morgan fingerprint density at radius 1 is 1.17 bits per heavy atom. The van der Waals surface area contributed by atoms with Crippen LogP contribution in [-0.4, -0.2) is 34.3 Å². The number of benzene rings is 2. The van der Waals surface area contributed by atoms with Gasteiger partial charge in [-0.15, -0.1) is 0 Å². The maximum absolute atomic E-state index is 12.9. The van der Waals surface area contributed by atoms with E-state index in [0.29, 0.717) is 34.9 Å². The molecule has 1 N–H and O–H groups in total. The second-order valence-electron chi connectivity index (χ2n) is 7.21. The highest BCUT2D eigenvalue weighted by Gasteiger charge is 2.46. The van der Waals surface area contributed by atoms with Gasteiger partial charge in [-0.1, -0.05) is 48.9 Å². The Labute approximate surface area is 175 Å². The molecule has 1 unspecified atom stereocenters. The Bertz CT molecular complexity index is 967. The van der Waals surface area contributed by atoms with Crippen LogP contribution < -0.4 is 4.74 Å². The summed E-state index contributed by atoms with van der Waals surface area (Å²) in [7, 11) is 0. The van der Waals surface area contributed by atoms with Crippen molar-refractivity contribution < 1.29 is 19.4 Å². The van der Waals surface area contributed by atoms with Gasteiger partial charge in [0.15, 0.2) is 0 Å². The first-order valence-corrected chi connectivity index (χ1v) is 10.0. The quantitative estimate of drug-likeness (QED) is 0.413. The van der Waals surface area contributed by atoms with Crippen LogP contribution in [0.1, 0.15) is 44.4 Å². The number of hydrogen-bond donors (Lipinski definition) is 1. The van der Waals surface area contributed by atoms with Crippen molar-refractivity contribution in [2.75, 3.05) is 6.54 Å². The van der Waals surface area contributed by atoms with Crippen LogP contribution in [0.4, 0.5) is 0 Å². The van der Waals surface area contributed by atoms with Gasteiger partial charge in [0.1, 0.15) is 11.5 Å². The summed E-state index contributed by atoms with van der Waals surface area (Å²) in [4.78, 5) is 27.2. The minimum Gasteiger partial charge on any atom is -0.507 e. The van der Waals surface area contributed by atoms with Crippen molar-refractivity contribution in [2.24, 2.45) is 0 Å². The first-order valence-electron chi connectivity index (χ1n) is 9.65. The Morgan fingerprint density at radius 3 is 2.55 bits per heavy atom. The van der Waals surface area contributed by atoms with E-state index in [9.17, 15) is 14.7 Å². The van der Waals surface area contributed by atoms with Crippen molar-refractivity contribution in [2.45, 2.75) is 39.3 Å². The zero-order valence-electron chi connectivity index (χ0n) is 16.7. The molecule has 0 radical (unpaired) electrons. The topological polar surface area (TPSA) is 66.8 Å². The lowest BCUT2D eigenvalue weighted by Gasteiger charge is -2.27. The van der Waals surface area contributed by atoms with Gasteiger partial charge in [0.05, 0.1) is 17.7 Å². The first kappa shape index (κ1) is 20.9. The molecule has 1 aliphatic heterocycles. The molecule has 3 rings (SSSR count). The van der Waals surface area contributed by atoms with E-state index in [2.05, 4.69) is 0 Å². The van der Waals surface area contributed by atoms with Gasteiger partial charge < -0.3 is 14.7 Å². The Hall–Kier alpha value is -2.79. The largest absolute Gasteiger partial charge is 0.507 e. The number of ether oxygens (including phenoxy) is 1. The molecule has 1 atom stereocenters. The molecule has 0 saturated carbocycles. The van der Waals surface area contributed by atoms with Crippen molar-refractivity contribution in [1.82, 2.24) is 4.90 Å². The fourth-order valence-electron chi connectivity index (χ4n) is 3.53. The number of ketones is 1. The smallest absolute Gasteiger partial charge is 0.295 e. The third-order valence-corrected chi connectivity index (χ3v) is 4.91. The van der Waals surface area contributed by atoms with Crippen molar-refractivity contribution in [3.05, 3.63) is 70.3 Å². The molecule has 0 bridgehead atoms. The van der Waals surface area contributed by atoms with E-state index >= 15 is 0 Å². The average molecular weight is 414 g/mol. The van der Waals surface area contributed by atoms with Gasteiger partial charge in [-0.2, -0.15) is 0 Å². The summed E-state index contributed by atoms with van der Waals surface area (Å²) in [6.45, 7) is 6.14. The summed E-state index contributed by atoms with van der Waals surface area (Å²) < 4.78 is 5.93. The molecular formula is C23H24ClNO4. The number of Topliss-reactive ketones (excluding diaryl/α,β-unsaturated/α-hetero) is 1. The molecule has 0 spiro atoms. The third-order valence-electron chi connectivity index (χ3n) is 4.68. The van der Waals surface area contributed by atoms with Crippen LogP contribution in [-0.2, 0) is 9.59 Å². The maximum atomic E-state index is 12.9. The number of nitrogens with zero attached hydrogens (tertiary/aromatic N) is 1. The van der Waals surface area contributed by atoms with Gasteiger partial charge in [-0.05, 0) is 38.5 Å². The van der Waals surface area contributed by atoms with E-state index in [0.717, 1.165) is 0 Å².